The van der Waals surface area contributed by atoms with Crippen molar-refractivity contribution in [3.8, 4) is 6.07 Å². The number of thiocarbonyl (C=S) groups is 1. The summed E-state index contributed by atoms with van der Waals surface area (Å²) in [7, 11) is 0. The summed E-state index contributed by atoms with van der Waals surface area (Å²) in [4.78, 5) is 28.9. The van der Waals surface area contributed by atoms with Gasteiger partial charge >= 0.3 is 6.09 Å². The van der Waals surface area contributed by atoms with E-state index in [0.717, 1.165) is 12.1 Å². The van der Waals surface area contributed by atoms with Crippen LogP contribution >= 0.6 is 12.2 Å². The van der Waals surface area contributed by atoms with Gasteiger partial charge in [0.05, 0.1) is 29.8 Å². The molecule has 2 saturated heterocycles. The number of rotatable bonds is 6. The van der Waals surface area contributed by atoms with Crippen LogP contribution in [0.4, 0.5) is 25.0 Å². The lowest BCUT2D eigenvalue weighted by atomic mass is 10.2. The molecule has 32 heavy (non-hydrogen) atoms. The van der Waals surface area contributed by atoms with Crippen molar-refractivity contribution < 1.29 is 23.1 Å². The Kier molecular flexibility index (Phi) is 7.45. The molecule has 1 aromatic carbocycles. The van der Waals surface area contributed by atoms with Crippen LogP contribution in [0.15, 0.2) is 12.1 Å². The SMILES string of the molecule is CC(C)C(=S)NC[C@H]1CN(c2cc(F)c(N3CCN(C(=O)CC#N)CC3)c(F)c2)C(=O)O1. The van der Waals surface area contributed by atoms with Gasteiger partial charge in [-0.25, -0.2) is 13.6 Å². The Bertz CT molecular complexity index is 921. The fraction of sp³-hybridized carbons (Fsp3) is 0.524. The van der Waals surface area contributed by atoms with Crippen LogP contribution in [0.2, 0.25) is 0 Å². The fourth-order valence-corrected chi connectivity index (χ4v) is 3.71. The number of halogens is 2. The van der Waals surface area contributed by atoms with Gasteiger partial charge in [0, 0.05) is 44.2 Å². The van der Waals surface area contributed by atoms with Gasteiger partial charge in [0.25, 0.3) is 0 Å². The number of nitrogens with one attached hydrogen (secondary N) is 1. The maximum absolute atomic E-state index is 14.9. The smallest absolute Gasteiger partial charge is 0.414 e. The van der Waals surface area contributed by atoms with Crippen molar-refractivity contribution in [2.24, 2.45) is 5.92 Å². The van der Waals surface area contributed by atoms with Crippen LogP contribution in [0.1, 0.15) is 20.3 Å². The molecule has 2 amide bonds. The van der Waals surface area contributed by atoms with Crippen molar-refractivity contribution in [1.82, 2.24) is 10.2 Å². The standard InChI is InChI=1S/C21H25F2N5O3S/c1-13(2)20(32)25-11-15-12-28(21(30)31-15)14-9-16(22)19(17(23)10-14)27-7-5-26(6-8-27)18(29)3-4-24/h9-10,13,15H,3,5-8,11-12H2,1-2H3,(H,25,32)/t15-/m0/s1. The Morgan fingerprint density at radius 2 is 1.91 bits per heavy atom. The van der Waals surface area contributed by atoms with E-state index >= 15 is 0 Å². The number of ether oxygens (including phenoxy) is 1. The highest BCUT2D eigenvalue weighted by atomic mass is 32.1. The molecule has 2 aliphatic rings. The van der Waals surface area contributed by atoms with Gasteiger partial charge in [-0.3, -0.25) is 9.69 Å². The second-order valence-corrected chi connectivity index (χ2v) is 8.42. The Labute approximate surface area is 190 Å². The first-order valence-electron chi connectivity index (χ1n) is 10.4. The number of cyclic esters (lactones) is 1. The molecule has 1 N–H and O–H groups in total. The zero-order valence-corrected chi connectivity index (χ0v) is 18.8. The van der Waals surface area contributed by atoms with Crippen LogP contribution in [0.5, 0.6) is 0 Å². The number of anilines is 2. The Morgan fingerprint density at radius 1 is 1.28 bits per heavy atom. The van der Waals surface area contributed by atoms with E-state index in [1.165, 1.54) is 14.7 Å². The lowest BCUT2D eigenvalue weighted by molar-refractivity contribution is -0.130. The molecule has 2 fully saturated rings. The minimum absolute atomic E-state index is 0.0746. The fourth-order valence-electron chi connectivity index (χ4n) is 3.63. The first-order chi connectivity index (χ1) is 15.2. The minimum atomic E-state index is -0.799. The summed E-state index contributed by atoms with van der Waals surface area (Å²) < 4.78 is 35.0. The second kappa shape index (κ2) is 10.1. The summed E-state index contributed by atoms with van der Waals surface area (Å²) in [6.45, 7) is 5.36. The average Bonchev–Trinajstić information content (AvgIpc) is 3.12. The van der Waals surface area contributed by atoms with E-state index in [-0.39, 0.29) is 62.3 Å². The number of hydrogen-bond acceptors (Lipinski definition) is 6. The van der Waals surface area contributed by atoms with Crippen LogP contribution in [0.25, 0.3) is 0 Å². The third-order valence-electron chi connectivity index (χ3n) is 5.39. The highest BCUT2D eigenvalue weighted by molar-refractivity contribution is 7.80. The molecule has 0 unspecified atom stereocenters. The molecule has 11 heteroatoms. The van der Waals surface area contributed by atoms with Crippen molar-refractivity contribution in [3.63, 3.8) is 0 Å². The summed E-state index contributed by atoms with van der Waals surface area (Å²) in [6, 6.07) is 4.03. The summed E-state index contributed by atoms with van der Waals surface area (Å²) in [5.74, 6) is -1.74. The summed E-state index contributed by atoms with van der Waals surface area (Å²) in [5.41, 5.74) is -0.125. The highest BCUT2D eigenvalue weighted by Crippen LogP contribution is 2.31. The number of amides is 2. The molecule has 0 saturated carbocycles. The van der Waals surface area contributed by atoms with Gasteiger partial charge in [-0.15, -0.1) is 0 Å². The highest BCUT2D eigenvalue weighted by Gasteiger charge is 2.34. The Hall–Kier alpha value is -3.00. The van der Waals surface area contributed by atoms with E-state index in [1.54, 1.807) is 6.07 Å². The first kappa shape index (κ1) is 23.7. The van der Waals surface area contributed by atoms with Crippen LogP contribution in [0, 0.1) is 28.9 Å². The molecular weight excluding hydrogens is 440 g/mol. The van der Waals surface area contributed by atoms with Gasteiger partial charge in [0.2, 0.25) is 5.91 Å². The van der Waals surface area contributed by atoms with Gasteiger partial charge in [-0.1, -0.05) is 26.1 Å². The molecule has 0 bridgehead atoms. The van der Waals surface area contributed by atoms with Crippen molar-refractivity contribution in [2.75, 3.05) is 49.1 Å². The third-order valence-corrected chi connectivity index (χ3v) is 6.01. The van der Waals surface area contributed by atoms with Gasteiger partial charge in [0.15, 0.2) is 11.6 Å². The second-order valence-electron chi connectivity index (χ2n) is 7.98. The molecule has 8 nitrogen and oxygen atoms in total. The van der Waals surface area contributed by atoms with E-state index in [4.69, 9.17) is 22.2 Å². The zero-order valence-electron chi connectivity index (χ0n) is 17.9. The molecule has 0 radical (unpaired) electrons. The molecule has 1 aromatic rings. The largest absolute Gasteiger partial charge is 0.442 e. The molecule has 1 atom stereocenters. The molecular formula is C21H25F2N5O3S. The van der Waals surface area contributed by atoms with Crippen molar-refractivity contribution in [1.29, 1.82) is 5.26 Å². The van der Waals surface area contributed by atoms with Gasteiger partial charge in [-0.05, 0) is 0 Å². The lowest BCUT2D eigenvalue weighted by Gasteiger charge is -2.36. The van der Waals surface area contributed by atoms with Crippen molar-refractivity contribution >= 4 is 40.6 Å². The molecule has 0 spiro atoms. The van der Waals surface area contributed by atoms with Crippen LogP contribution in [-0.4, -0.2) is 67.3 Å². The number of hydrogen-bond donors (Lipinski definition) is 1. The monoisotopic (exact) mass is 465 g/mol. The predicted molar refractivity (Wildman–Crippen MR) is 118 cm³/mol. The molecule has 3 rings (SSSR count). The lowest BCUT2D eigenvalue weighted by Crippen LogP contribution is -2.49. The van der Waals surface area contributed by atoms with E-state index in [2.05, 4.69) is 5.32 Å². The number of benzene rings is 1. The van der Waals surface area contributed by atoms with E-state index in [9.17, 15) is 18.4 Å². The van der Waals surface area contributed by atoms with Gasteiger partial charge < -0.3 is 19.9 Å². The van der Waals surface area contributed by atoms with Crippen LogP contribution < -0.4 is 15.1 Å². The molecule has 2 heterocycles. The maximum atomic E-state index is 14.9. The van der Waals surface area contributed by atoms with Gasteiger partial charge in [0.1, 0.15) is 18.2 Å². The van der Waals surface area contributed by atoms with Crippen molar-refractivity contribution in [2.45, 2.75) is 26.4 Å². The zero-order chi connectivity index (χ0) is 23.4. The van der Waals surface area contributed by atoms with Crippen LogP contribution in [-0.2, 0) is 9.53 Å². The van der Waals surface area contributed by atoms with E-state index in [1.807, 2.05) is 13.8 Å². The number of piperazine rings is 1. The molecule has 172 valence electrons. The van der Waals surface area contributed by atoms with Gasteiger partial charge in [-0.2, -0.15) is 5.26 Å². The molecule has 2 aliphatic heterocycles. The Balaban J connectivity index is 1.66. The number of carbonyl (C=O) groups is 2. The number of nitrogens with zero attached hydrogens (tertiary/aromatic N) is 4. The molecule has 0 aliphatic carbocycles. The first-order valence-corrected chi connectivity index (χ1v) is 10.8. The topological polar surface area (TPSA) is 88.9 Å². The number of nitriles is 1. The van der Waals surface area contributed by atoms with Crippen LogP contribution in [0.3, 0.4) is 0 Å². The third kappa shape index (κ3) is 5.24. The predicted octanol–water partition coefficient (Wildman–Crippen LogP) is 2.43. The minimum Gasteiger partial charge on any atom is -0.442 e. The number of carbonyl (C=O) groups excluding carboxylic acids is 2. The normalized spacial score (nSPS) is 18.6. The van der Waals surface area contributed by atoms with E-state index in [0.29, 0.717) is 11.5 Å². The Morgan fingerprint density at radius 3 is 2.47 bits per heavy atom. The average molecular weight is 466 g/mol. The van der Waals surface area contributed by atoms with Crippen molar-refractivity contribution in [3.05, 3.63) is 23.8 Å². The summed E-state index contributed by atoms with van der Waals surface area (Å²) >= 11 is 5.21. The summed E-state index contributed by atoms with van der Waals surface area (Å²) in [6.07, 6.45) is -1.39. The molecule has 0 aromatic heterocycles. The maximum Gasteiger partial charge on any atom is 0.414 e. The van der Waals surface area contributed by atoms with E-state index < -0.39 is 23.8 Å². The summed E-state index contributed by atoms with van der Waals surface area (Å²) in [5, 5.41) is 11.7. The quantitative estimate of drug-likeness (QED) is 0.646.